The summed E-state index contributed by atoms with van der Waals surface area (Å²) in [6, 6.07) is 5.74. The van der Waals surface area contributed by atoms with E-state index in [4.69, 9.17) is 4.74 Å². The lowest BCUT2D eigenvalue weighted by Gasteiger charge is -2.34. The maximum absolute atomic E-state index is 13.3. The monoisotopic (exact) mass is 528 g/mol. The van der Waals surface area contributed by atoms with E-state index in [2.05, 4.69) is 11.1 Å². The number of benzene rings is 1. The first-order valence-electron chi connectivity index (χ1n) is 13.7. The third-order valence-corrected chi connectivity index (χ3v) is 8.18. The summed E-state index contributed by atoms with van der Waals surface area (Å²) in [5.41, 5.74) is 2.38. The number of aliphatic hydroxyl groups is 3. The first-order valence-corrected chi connectivity index (χ1v) is 13.7. The molecule has 1 aliphatic heterocycles. The van der Waals surface area contributed by atoms with Gasteiger partial charge in [-0.2, -0.15) is 0 Å². The number of hydrogen-bond acceptors (Lipinski definition) is 7. The van der Waals surface area contributed by atoms with E-state index >= 15 is 0 Å². The molecular weight excluding hydrogens is 484 g/mol. The Morgan fingerprint density at radius 1 is 1.16 bits per heavy atom. The molecule has 0 unspecified atom stereocenters. The molecule has 0 saturated heterocycles. The summed E-state index contributed by atoms with van der Waals surface area (Å²) < 4.78 is 7.85. The van der Waals surface area contributed by atoms with Gasteiger partial charge in [-0.3, -0.25) is 9.59 Å². The Morgan fingerprint density at radius 2 is 1.87 bits per heavy atom. The van der Waals surface area contributed by atoms with Gasteiger partial charge in [-0.05, 0) is 56.7 Å². The summed E-state index contributed by atoms with van der Waals surface area (Å²) in [6.45, 7) is 11.3. The average molecular weight is 529 g/mol. The van der Waals surface area contributed by atoms with Gasteiger partial charge in [0.25, 0.3) is 0 Å². The SMILES string of the molecule is C/C1=C/C[C@@H](c2ccc3c(c2)nc(C)n3CCO)OC(=O)C[C@H](O)C(C)(C)C(=O)[C@H](C)[C@@H](O)[C@@H](C)CCC1. The molecule has 1 aromatic heterocycles. The number of esters is 1. The molecule has 2 aromatic rings. The van der Waals surface area contributed by atoms with Crippen LogP contribution in [-0.4, -0.2) is 55.4 Å². The van der Waals surface area contributed by atoms with Crippen LogP contribution < -0.4 is 0 Å². The number of aryl methyl sites for hydroxylation is 1. The lowest BCUT2D eigenvalue weighted by atomic mass is 9.73. The van der Waals surface area contributed by atoms with Crippen molar-refractivity contribution in [1.29, 1.82) is 0 Å². The van der Waals surface area contributed by atoms with E-state index in [1.54, 1.807) is 20.8 Å². The van der Waals surface area contributed by atoms with Gasteiger partial charge in [0.05, 0.1) is 41.7 Å². The van der Waals surface area contributed by atoms with E-state index in [1.807, 2.05) is 43.5 Å². The van der Waals surface area contributed by atoms with E-state index < -0.39 is 35.6 Å². The fraction of sp³-hybridized carbons (Fsp3) is 0.633. The number of aliphatic hydroxyl groups excluding tert-OH is 3. The Kier molecular flexibility index (Phi) is 9.90. The number of fused-ring (bicyclic) bond motifs is 1. The molecule has 1 aromatic carbocycles. The molecule has 0 bridgehead atoms. The van der Waals surface area contributed by atoms with Crippen LogP contribution in [0.15, 0.2) is 29.8 Å². The summed E-state index contributed by atoms with van der Waals surface area (Å²) >= 11 is 0. The number of hydrogen-bond donors (Lipinski definition) is 3. The summed E-state index contributed by atoms with van der Waals surface area (Å²) in [6.07, 6.45) is 2.05. The van der Waals surface area contributed by atoms with Gasteiger partial charge in [-0.25, -0.2) is 4.98 Å². The van der Waals surface area contributed by atoms with Gasteiger partial charge in [-0.1, -0.05) is 45.4 Å². The van der Waals surface area contributed by atoms with Gasteiger partial charge in [-0.15, -0.1) is 0 Å². The van der Waals surface area contributed by atoms with Crippen molar-refractivity contribution in [2.45, 2.75) is 98.5 Å². The Balaban J connectivity index is 1.94. The van der Waals surface area contributed by atoms with Gasteiger partial charge >= 0.3 is 5.97 Å². The van der Waals surface area contributed by atoms with Crippen LogP contribution in [0.3, 0.4) is 0 Å². The summed E-state index contributed by atoms with van der Waals surface area (Å²) in [7, 11) is 0. The van der Waals surface area contributed by atoms with Gasteiger partial charge in [0.1, 0.15) is 17.7 Å². The molecular formula is C30H44N2O6. The first-order chi connectivity index (χ1) is 17.9. The molecule has 3 N–H and O–H groups in total. The minimum absolute atomic E-state index is 0.00998. The molecule has 0 saturated carbocycles. The Hall–Kier alpha value is -2.55. The van der Waals surface area contributed by atoms with Crippen LogP contribution in [0.5, 0.6) is 0 Å². The van der Waals surface area contributed by atoms with Crippen LogP contribution in [0, 0.1) is 24.2 Å². The largest absolute Gasteiger partial charge is 0.457 e. The van der Waals surface area contributed by atoms with Crippen LogP contribution >= 0.6 is 0 Å². The fourth-order valence-electron chi connectivity index (χ4n) is 5.40. The number of aromatic nitrogens is 2. The molecule has 2 heterocycles. The summed E-state index contributed by atoms with van der Waals surface area (Å²) in [5.74, 6) is -0.799. The Labute approximate surface area is 225 Å². The number of rotatable bonds is 3. The highest BCUT2D eigenvalue weighted by Crippen LogP contribution is 2.33. The molecule has 38 heavy (non-hydrogen) atoms. The zero-order valence-corrected chi connectivity index (χ0v) is 23.6. The van der Waals surface area contributed by atoms with Crippen molar-refractivity contribution in [2.75, 3.05) is 6.61 Å². The van der Waals surface area contributed by atoms with Crippen molar-refractivity contribution < 1.29 is 29.6 Å². The van der Waals surface area contributed by atoms with E-state index in [0.717, 1.165) is 47.3 Å². The van der Waals surface area contributed by atoms with E-state index in [0.29, 0.717) is 13.0 Å². The molecule has 8 nitrogen and oxygen atoms in total. The number of cyclic esters (lactones) is 1. The van der Waals surface area contributed by atoms with Crippen molar-refractivity contribution in [3.05, 3.63) is 41.2 Å². The van der Waals surface area contributed by atoms with Crippen LogP contribution in [-0.2, 0) is 20.9 Å². The van der Waals surface area contributed by atoms with Crippen LogP contribution in [0.25, 0.3) is 11.0 Å². The third-order valence-electron chi connectivity index (χ3n) is 8.18. The molecule has 0 amide bonds. The van der Waals surface area contributed by atoms with Crippen molar-refractivity contribution in [1.82, 2.24) is 9.55 Å². The number of ketones is 1. The van der Waals surface area contributed by atoms with Gasteiger partial charge in [0.2, 0.25) is 0 Å². The number of carbonyl (C=O) groups excluding carboxylic acids is 2. The highest BCUT2D eigenvalue weighted by Gasteiger charge is 2.42. The zero-order chi connectivity index (χ0) is 28.2. The van der Waals surface area contributed by atoms with Crippen molar-refractivity contribution >= 4 is 22.8 Å². The lowest BCUT2D eigenvalue weighted by molar-refractivity contribution is -0.155. The Morgan fingerprint density at radius 3 is 2.55 bits per heavy atom. The van der Waals surface area contributed by atoms with E-state index in [1.165, 1.54) is 0 Å². The number of ether oxygens (including phenoxy) is 1. The second-order valence-electron chi connectivity index (χ2n) is 11.5. The normalized spacial score (nSPS) is 29.6. The third kappa shape index (κ3) is 6.71. The number of imidazole rings is 1. The number of carbonyl (C=O) groups is 2. The van der Waals surface area contributed by atoms with Crippen LogP contribution in [0.2, 0.25) is 0 Å². The molecule has 0 fully saturated rings. The second kappa shape index (κ2) is 12.5. The average Bonchev–Trinajstić information content (AvgIpc) is 3.18. The second-order valence-corrected chi connectivity index (χ2v) is 11.5. The topological polar surface area (TPSA) is 122 Å². The lowest BCUT2D eigenvalue weighted by Crippen LogP contribution is -2.45. The maximum Gasteiger partial charge on any atom is 0.309 e. The predicted molar refractivity (Wildman–Crippen MR) is 146 cm³/mol. The quantitative estimate of drug-likeness (QED) is 0.398. The molecule has 0 spiro atoms. The van der Waals surface area contributed by atoms with Crippen molar-refractivity contribution in [3.63, 3.8) is 0 Å². The molecule has 210 valence electrons. The highest BCUT2D eigenvalue weighted by atomic mass is 16.5. The Bertz CT molecular complexity index is 1170. The zero-order valence-electron chi connectivity index (χ0n) is 23.6. The van der Waals surface area contributed by atoms with Crippen LogP contribution in [0.1, 0.15) is 84.2 Å². The molecule has 3 rings (SSSR count). The van der Waals surface area contributed by atoms with E-state index in [9.17, 15) is 24.9 Å². The smallest absolute Gasteiger partial charge is 0.309 e. The van der Waals surface area contributed by atoms with Gasteiger partial charge in [0, 0.05) is 18.9 Å². The maximum atomic E-state index is 13.3. The summed E-state index contributed by atoms with van der Waals surface area (Å²) in [4.78, 5) is 30.9. The number of nitrogens with zero attached hydrogens (tertiary/aromatic N) is 2. The van der Waals surface area contributed by atoms with Crippen molar-refractivity contribution in [2.24, 2.45) is 17.3 Å². The van der Waals surface area contributed by atoms with Crippen molar-refractivity contribution in [3.8, 4) is 0 Å². The van der Waals surface area contributed by atoms with Gasteiger partial charge < -0.3 is 24.6 Å². The standard InChI is InChI=1S/C30H44N2O6/c1-18-8-7-9-19(2)28(36)20(3)29(37)30(5,6)26(34)17-27(35)38-25(13-10-18)22-11-12-24-23(16-22)31-21(4)32(24)14-15-33/h10-12,16,19-20,25-26,28,33-34,36H,7-9,13-15,17H2,1-6H3/b18-10-/t19-,20+,25-,26-,28-/m0/s1. The van der Waals surface area contributed by atoms with Gasteiger partial charge in [0.15, 0.2) is 0 Å². The minimum atomic E-state index is -1.25. The highest BCUT2D eigenvalue weighted by molar-refractivity contribution is 5.88. The van der Waals surface area contributed by atoms with E-state index in [-0.39, 0.29) is 24.7 Å². The number of allylic oxidation sites excluding steroid dienone is 1. The van der Waals surface area contributed by atoms with Crippen LogP contribution in [0.4, 0.5) is 0 Å². The first kappa shape index (κ1) is 30.0. The fourth-order valence-corrected chi connectivity index (χ4v) is 5.40. The number of Topliss-reactive ketones (excluding diaryl/α,β-unsaturated/α-hetero) is 1. The molecule has 5 atom stereocenters. The molecule has 1 aliphatic rings. The molecule has 0 aliphatic carbocycles. The summed E-state index contributed by atoms with van der Waals surface area (Å²) in [5, 5.41) is 31.2. The predicted octanol–water partition coefficient (Wildman–Crippen LogP) is 4.42. The minimum Gasteiger partial charge on any atom is -0.457 e. The molecule has 8 heteroatoms. The molecule has 0 radical (unpaired) electrons.